The van der Waals surface area contributed by atoms with Crippen molar-refractivity contribution in [2.45, 2.75) is 38.9 Å². The molecule has 0 saturated carbocycles. The van der Waals surface area contributed by atoms with Crippen LogP contribution in [0.2, 0.25) is 0 Å². The molecular weight excluding hydrogens is 328 g/mol. The highest BCUT2D eigenvalue weighted by molar-refractivity contribution is 5.35. The Kier molecular flexibility index (Phi) is 6.06. The molecular formula is C16H22F4N2O2. The lowest BCUT2D eigenvalue weighted by molar-refractivity contribution is -0.275. The molecule has 0 aromatic heterocycles. The third kappa shape index (κ3) is 5.32. The van der Waals surface area contributed by atoms with Crippen LogP contribution in [0.4, 0.5) is 17.6 Å². The van der Waals surface area contributed by atoms with Crippen LogP contribution in [0.1, 0.15) is 19.4 Å². The van der Waals surface area contributed by atoms with E-state index in [0.29, 0.717) is 26.2 Å². The first-order valence-electron chi connectivity index (χ1n) is 7.83. The van der Waals surface area contributed by atoms with Crippen LogP contribution >= 0.6 is 0 Å². The topological polar surface area (TPSA) is 35.9 Å². The van der Waals surface area contributed by atoms with Gasteiger partial charge in [-0.25, -0.2) is 4.39 Å². The summed E-state index contributed by atoms with van der Waals surface area (Å²) in [6, 6.07) is 3.48. The van der Waals surface area contributed by atoms with Gasteiger partial charge in [-0.1, -0.05) is 6.07 Å². The van der Waals surface area contributed by atoms with Crippen molar-refractivity contribution in [3.05, 3.63) is 29.6 Å². The maximum Gasteiger partial charge on any atom is 0.573 e. The number of alkyl halides is 3. The van der Waals surface area contributed by atoms with Gasteiger partial charge in [0, 0.05) is 44.3 Å². The lowest BCUT2D eigenvalue weighted by atomic mass is 10.1. The fraction of sp³-hybridized carbons (Fsp3) is 0.625. The highest BCUT2D eigenvalue weighted by Crippen LogP contribution is 2.30. The third-order valence-electron chi connectivity index (χ3n) is 4.03. The first-order valence-corrected chi connectivity index (χ1v) is 7.83. The molecule has 1 aromatic rings. The van der Waals surface area contributed by atoms with Crippen molar-refractivity contribution < 1.29 is 27.4 Å². The van der Waals surface area contributed by atoms with Gasteiger partial charge in [-0.05, 0) is 26.0 Å². The lowest BCUT2D eigenvalue weighted by Gasteiger charge is -2.40. The van der Waals surface area contributed by atoms with Gasteiger partial charge in [0.25, 0.3) is 0 Å². The van der Waals surface area contributed by atoms with Crippen LogP contribution in [0.5, 0.6) is 5.75 Å². The zero-order valence-corrected chi connectivity index (χ0v) is 13.7. The molecule has 4 nitrogen and oxygen atoms in total. The number of aliphatic hydroxyl groups excluding tert-OH is 1. The number of hydrogen-bond acceptors (Lipinski definition) is 4. The van der Waals surface area contributed by atoms with Gasteiger partial charge in [0.15, 0.2) is 0 Å². The number of hydrogen-bond donors (Lipinski definition) is 1. The Labute approximate surface area is 138 Å². The van der Waals surface area contributed by atoms with Crippen molar-refractivity contribution in [1.82, 2.24) is 9.80 Å². The predicted molar refractivity (Wildman–Crippen MR) is 81.1 cm³/mol. The molecule has 0 unspecified atom stereocenters. The van der Waals surface area contributed by atoms with Crippen LogP contribution in [0.3, 0.4) is 0 Å². The van der Waals surface area contributed by atoms with Crippen molar-refractivity contribution in [3.63, 3.8) is 0 Å². The number of ether oxygens (including phenoxy) is 1. The molecule has 1 aromatic carbocycles. The van der Waals surface area contributed by atoms with E-state index in [9.17, 15) is 22.7 Å². The normalized spacial score (nSPS) is 21.7. The number of piperazine rings is 1. The van der Waals surface area contributed by atoms with E-state index in [0.717, 1.165) is 12.1 Å². The van der Waals surface area contributed by atoms with E-state index in [1.54, 1.807) is 6.92 Å². The third-order valence-corrected chi connectivity index (χ3v) is 4.03. The van der Waals surface area contributed by atoms with Crippen LogP contribution in [0, 0.1) is 5.82 Å². The highest BCUT2D eigenvalue weighted by Gasteiger charge is 2.33. The summed E-state index contributed by atoms with van der Waals surface area (Å²) in [5, 5.41) is 9.44. The van der Waals surface area contributed by atoms with Crippen molar-refractivity contribution in [2.24, 2.45) is 0 Å². The van der Waals surface area contributed by atoms with Crippen molar-refractivity contribution in [2.75, 3.05) is 26.2 Å². The highest BCUT2D eigenvalue weighted by atomic mass is 19.4. The molecule has 0 bridgehead atoms. The largest absolute Gasteiger partial charge is 0.573 e. The molecule has 2 rings (SSSR count). The Morgan fingerprint density at radius 1 is 1.33 bits per heavy atom. The maximum absolute atomic E-state index is 14.0. The fourth-order valence-electron chi connectivity index (χ4n) is 2.96. The molecule has 0 amide bonds. The fourth-order valence-corrected chi connectivity index (χ4v) is 2.96. The zero-order valence-electron chi connectivity index (χ0n) is 13.7. The van der Waals surface area contributed by atoms with E-state index < -0.39 is 24.0 Å². The van der Waals surface area contributed by atoms with Crippen LogP contribution in [0.25, 0.3) is 0 Å². The number of rotatable bonds is 5. The van der Waals surface area contributed by atoms with Gasteiger partial charge in [0.1, 0.15) is 11.6 Å². The Bertz CT molecular complexity index is 551. The minimum atomic E-state index is -4.86. The van der Waals surface area contributed by atoms with Crippen molar-refractivity contribution in [1.29, 1.82) is 0 Å². The monoisotopic (exact) mass is 350 g/mol. The molecule has 1 N–H and O–H groups in total. The van der Waals surface area contributed by atoms with E-state index >= 15 is 0 Å². The summed E-state index contributed by atoms with van der Waals surface area (Å²) >= 11 is 0. The quantitative estimate of drug-likeness (QED) is 0.828. The Morgan fingerprint density at radius 2 is 2.04 bits per heavy atom. The first kappa shape index (κ1) is 19.0. The summed E-state index contributed by atoms with van der Waals surface area (Å²) in [4.78, 5) is 4.00. The molecule has 136 valence electrons. The van der Waals surface area contributed by atoms with Gasteiger partial charge in [-0.2, -0.15) is 0 Å². The van der Waals surface area contributed by atoms with Crippen LogP contribution in [0.15, 0.2) is 18.2 Å². The number of aliphatic hydroxyl groups is 1. The smallest absolute Gasteiger partial charge is 0.405 e. The number of β-amino-alcohol motifs (C(OH)–C–C–N with tert-alkyl or cyclic N) is 1. The van der Waals surface area contributed by atoms with Gasteiger partial charge in [0.2, 0.25) is 0 Å². The molecule has 0 aliphatic carbocycles. The van der Waals surface area contributed by atoms with Gasteiger partial charge < -0.3 is 9.84 Å². The van der Waals surface area contributed by atoms with E-state index in [2.05, 4.69) is 9.64 Å². The number of halogens is 4. The average Bonchev–Trinajstić information content (AvgIpc) is 2.42. The van der Waals surface area contributed by atoms with Gasteiger partial charge in [-0.15, -0.1) is 13.2 Å². The summed E-state index contributed by atoms with van der Waals surface area (Å²) in [6.07, 6.45) is -5.30. The second kappa shape index (κ2) is 7.67. The zero-order chi connectivity index (χ0) is 17.9. The Hall–Kier alpha value is -1.38. The molecule has 24 heavy (non-hydrogen) atoms. The van der Waals surface area contributed by atoms with Crippen LogP contribution in [-0.2, 0) is 6.54 Å². The van der Waals surface area contributed by atoms with Gasteiger partial charge in [-0.3, -0.25) is 9.80 Å². The molecule has 1 fully saturated rings. The second-order valence-electron chi connectivity index (χ2n) is 6.19. The maximum atomic E-state index is 14.0. The van der Waals surface area contributed by atoms with E-state index in [1.807, 2.05) is 11.8 Å². The summed E-state index contributed by atoms with van der Waals surface area (Å²) < 4.78 is 55.5. The van der Waals surface area contributed by atoms with E-state index in [1.165, 1.54) is 6.07 Å². The average molecular weight is 350 g/mol. The number of nitrogens with zero attached hydrogens (tertiary/aromatic N) is 2. The van der Waals surface area contributed by atoms with Crippen molar-refractivity contribution in [3.8, 4) is 5.75 Å². The molecule has 2 atom stereocenters. The van der Waals surface area contributed by atoms with Gasteiger partial charge >= 0.3 is 6.36 Å². The Morgan fingerprint density at radius 3 is 2.62 bits per heavy atom. The molecule has 1 heterocycles. The van der Waals surface area contributed by atoms with Crippen LogP contribution < -0.4 is 4.74 Å². The predicted octanol–water partition coefficient (Wildman–Crippen LogP) is 2.61. The molecule has 8 heteroatoms. The summed E-state index contributed by atoms with van der Waals surface area (Å²) in [7, 11) is 0. The summed E-state index contributed by atoms with van der Waals surface area (Å²) in [5.74, 6) is -1.21. The standard InChI is InChI=1S/C16H22F4N2O2/c1-11-8-21(9-12(2)23)6-7-22(11)10-13-14(17)4-3-5-15(13)24-16(18,19)20/h3-5,11-12,23H,6-10H2,1-2H3/t11-,12+/m1/s1. The van der Waals surface area contributed by atoms with E-state index in [-0.39, 0.29) is 18.2 Å². The van der Waals surface area contributed by atoms with Crippen LogP contribution in [-0.4, -0.2) is 59.6 Å². The lowest BCUT2D eigenvalue weighted by Crippen LogP contribution is -2.52. The molecule has 1 aliphatic heterocycles. The first-order chi connectivity index (χ1) is 11.2. The summed E-state index contributed by atoms with van der Waals surface area (Å²) in [5.41, 5.74) is -0.0920. The molecule has 0 radical (unpaired) electrons. The minimum Gasteiger partial charge on any atom is -0.405 e. The second-order valence-corrected chi connectivity index (χ2v) is 6.19. The summed E-state index contributed by atoms with van der Waals surface area (Å²) in [6.45, 7) is 6.13. The number of benzene rings is 1. The van der Waals surface area contributed by atoms with Gasteiger partial charge in [0.05, 0.1) is 6.10 Å². The van der Waals surface area contributed by atoms with Crippen molar-refractivity contribution >= 4 is 0 Å². The SMILES string of the molecule is C[C@H](O)CN1CCN(Cc2c(F)cccc2OC(F)(F)F)[C@H](C)C1. The molecule has 1 aliphatic rings. The molecule has 1 saturated heterocycles. The minimum absolute atomic E-state index is 0.0239. The Balaban J connectivity index is 2.08. The van der Waals surface area contributed by atoms with E-state index in [4.69, 9.17) is 0 Å². The molecule has 0 spiro atoms.